The number of rotatable bonds is 6. The van der Waals surface area contributed by atoms with Gasteiger partial charge in [-0.15, -0.1) is 0 Å². The Hall–Kier alpha value is -3.87. The molecule has 0 N–H and O–H groups in total. The van der Waals surface area contributed by atoms with E-state index in [9.17, 15) is 4.79 Å². The summed E-state index contributed by atoms with van der Waals surface area (Å²) in [5.41, 5.74) is 4.32. The summed E-state index contributed by atoms with van der Waals surface area (Å²) >= 11 is 0. The van der Waals surface area contributed by atoms with Gasteiger partial charge in [-0.05, 0) is 64.4 Å². The second kappa shape index (κ2) is 8.24. The molecule has 0 fully saturated rings. The van der Waals surface area contributed by atoms with E-state index in [0.717, 1.165) is 33.8 Å². The maximum absolute atomic E-state index is 12.3. The number of aryl methyl sites for hydroxylation is 2. The topological polar surface area (TPSA) is 71.2 Å². The van der Waals surface area contributed by atoms with Crippen LogP contribution in [0.25, 0.3) is 16.8 Å². The van der Waals surface area contributed by atoms with Crippen LogP contribution in [0.2, 0.25) is 0 Å². The molecular formula is C23H22N4O3. The maximum atomic E-state index is 12.3. The Morgan fingerprint density at radius 3 is 2.23 bits per heavy atom. The summed E-state index contributed by atoms with van der Waals surface area (Å²) in [6.45, 7) is 2.28. The quantitative estimate of drug-likeness (QED) is 0.493. The van der Waals surface area contributed by atoms with Crippen LogP contribution in [0.15, 0.2) is 71.5 Å². The van der Waals surface area contributed by atoms with E-state index in [4.69, 9.17) is 9.47 Å². The summed E-state index contributed by atoms with van der Waals surface area (Å²) in [6, 6.07) is 21.5. The molecule has 0 aliphatic heterocycles. The number of hydrogen-bond donors (Lipinski definition) is 0. The fourth-order valence-electron chi connectivity index (χ4n) is 3.26. The summed E-state index contributed by atoms with van der Waals surface area (Å²) in [5, 5.41) is 7.77. The van der Waals surface area contributed by atoms with Crippen LogP contribution >= 0.6 is 0 Å². The number of nitrogens with zero attached hydrogens (tertiary/aromatic N) is 4. The third-order valence-electron chi connectivity index (χ3n) is 4.96. The predicted molar refractivity (Wildman–Crippen MR) is 114 cm³/mol. The van der Waals surface area contributed by atoms with Gasteiger partial charge in [-0.1, -0.05) is 36.4 Å². The highest BCUT2D eigenvalue weighted by molar-refractivity contribution is 5.66. The molecule has 0 radical (unpaired) electrons. The molecule has 152 valence electrons. The van der Waals surface area contributed by atoms with Gasteiger partial charge in [0.05, 0.1) is 12.8 Å². The monoisotopic (exact) mass is 402 g/mol. The van der Waals surface area contributed by atoms with Crippen LogP contribution in [0.5, 0.6) is 11.5 Å². The standard InChI is InChI=1S/C23H22N4O3/c1-16-7-4-12-22(27-23(28)26(2)24-25-27)21(16)15-30-20-11-6-9-18(14-20)17-8-5-10-19(13-17)29-3/h4-14H,15H2,1-3H3. The molecule has 0 saturated heterocycles. The van der Waals surface area contributed by atoms with E-state index in [-0.39, 0.29) is 5.69 Å². The van der Waals surface area contributed by atoms with Crippen LogP contribution in [-0.4, -0.2) is 26.9 Å². The zero-order chi connectivity index (χ0) is 21.1. The third kappa shape index (κ3) is 3.82. The van der Waals surface area contributed by atoms with Crippen molar-refractivity contribution in [3.05, 3.63) is 88.3 Å². The number of aromatic nitrogens is 4. The van der Waals surface area contributed by atoms with Crippen molar-refractivity contribution in [2.75, 3.05) is 7.11 Å². The number of tetrazole rings is 1. The van der Waals surface area contributed by atoms with Gasteiger partial charge < -0.3 is 9.47 Å². The molecule has 0 atom stereocenters. The number of hydrogen-bond acceptors (Lipinski definition) is 5. The van der Waals surface area contributed by atoms with Gasteiger partial charge >= 0.3 is 5.69 Å². The minimum atomic E-state index is -0.304. The lowest BCUT2D eigenvalue weighted by Gasteiger charge is -2.13. The summed E-state index contributed by atoms with van der Waals surface area (Å²) in [4.78, 5) is 12.3. The van der Waals surface area contributed by atoms with Crippen molar-refractivity contribution in [2.24, 2.45) is 7.05 Å². The molecule has 0 unspecified atom stereocenters. The largest absolute Gasteiger partial charge is 0.497 e. The average Bonchev–Trinajstić information content (AvgIpc) is 3.11. The fourth-order valence-corrected chi connectivity index (χ4v) is 3.26. The molecule has 0 aliphatic carbocycles. The first-order valence-corrected chi connectivity index (χ1v) is 9.52. The van der Waals surface area contributed by atoms with Crippen molar-refractivity contribution in [3.63, 3.8) is 0 Å². The van der Waals surface area contributed by atoms with E-state index in [2.05, 4.69) is 10.4 Å². The van der Waals surface area contributed by atoms with Crippen molar-refractivity contribution in [1.82, 2.24) is 19.8 Å². The lowest BCUT2D eigenvalue weighted by molar-refractivity contribution is 0.305. The molecule has 3 aromatic carbocycles. The van der Waals surface area contributed by atoms with Crippen LogP contribution in [0.1, 0.15) is 11.1 Å². The summed E-state index contributed by atoms with van der Waals surface area (Å²) < 4.78 is 13.9. The van der Waals surface area contributed by atoms with Crippen LogP contribution in [0.3, 0.4) is 0 Å². The Morgan fingerprint density at radius 1 is 0.900 bits per heavy atom. The summed E-state index contributed by atoms with van der Waals surface area (Å²) in [7, 11) is 3.22. The molecule has 1 aromatic heterocycles. The SMILES string of the molecule is COc1cccc(-c2cccc(OCc3c(C)cccc3-n3nnn(C)c3=O)c2)c1. The summed E-state index contributed by atoms with van der Waals surface area (Å²) in [6.07, 6.45) is 0. The Morgan fingerprint density at radius 2 is 1.57 bits per heavy atom. The van der Waals surface area contributed by atoms with E-state index in [1.807, 2.05) is 73.7 Å². The van der Waals surface area contributed by atoms with E-state index >= 15 is 0 Å². The molecular weight excluding hydrogens is 380 g/mol. The second-order valence-electron chi connectivity index (χ2n) is 6.92. The van der Waals surface area contributed by atoms with Crippen LogP contribution in [-0.2, 0) is 13.7 Å². The number of methoxy groups -OCH3 is 1. The zero-order valence-corrected chi connectivity index (χ0v) is 17.1. The molecule has 0 spiro atoms. The van der Waals surface area contributed by atoms with Gasteiger partial charge in [-0.2, -0.15) is 9.36 Å². The van der Waals surface area contributed by atoms with Gasteiger partial charge in [0.25, 0.3) is 0 Å². The zero-order valence-electron chi connectivity index (χ0n) is 17.1. The van der Waals surface area contributed by atoms with Gasteiger partial charge in [0.2, 0.25) is 0 Å². The minimum Gasteiger partial charge on any atom is -0.497 e. The van der Waals surface area contributed by atoms with Crippen molar-refractivity contribution in [2.45, 2.75) is 13.5 Å². The Balaban J connectivity index is 1.62. The highest BCUT2D eigenvalue weighted by Gasteiger charge is 2.13. The van der Waals surface area contributed by atoms with Gasteiger partial charge in [-0.25, -0.2) is 4.79 Å². The van der Waals surface area contributed by atoms with E-state index < -0.39 is 0 Å². The molecule has 7 heteroatoms. The van der Waals surface area contributed by atoms with Gasteiger partial charge in [0, 0.05) is 12.6 Å². The molecule has 7 nitrogen and oxygen atoms in total. The van der Waals surface area contributed by atoms with Crippen molar-refractivity contribution in [1.29, 1.82) is 0 Å². The summed E-state index contributed by atoms with van der Waals surface area (Å²) in [5.74, 6) is 1.54. The van der Waals surface area contributed by atoms with Crippen molar-refractivity contribution in [3.8, 4) is 28.3 Å². The number of benzene rings is 3. The first-order chi connectivity index (χ1) is 14.6. The average molecular weight is 402 g/mol. The molecule has 0 bridgehead atoms. The normalized spacial score (nSPS) is 10.8. The Bertz CT molecular complexity index is 1240. The highest BCUT2D eigenvalue weighted by Crippen LogP contribution is 2.28. The van der Waals surface area contributed by atoms with E-state index in [1.54, 1.807) is 14.2 Å². The molecule has 0 amide bonds. The van der Waals surface area contributed by atoms with Crippen LogP contribution in [0, 0.1) is 6.92 Å². The van der Waals surface area contributed by atoms with Gasteiger partial charge in [0.1, 0.15) is 18.1 Å². The second-order valence-corrected chi connectivity index (χ2v) is 6.92. The van der Waals surface area contributed by atoms with Crippen molar-refractivity contribution >= 4 is 0 Å². The Labute approximate surface area is 174 Å². The lowest BCUT2D eigenvalue weighted by atomic mass is 10.1. The van der Waals surface area contributed by atoms with Gasteiger partial charge in [-0.3, -0.25) is 0 Å². The molecule has 1 heterocycles. The first kappa shape index (κ1) is 19.4. The fraction of sp³-hybridized carbons (Fsp3) is 0.174. The van der Waals surface area contributed by atoms with Crippen LogP contribution in [0.4, 0.5) is 0 Å². The highest BCUT2D eigenvalue weighted by atomic mass is 16.5. The van der Waals surface area contributed by atoms with Crippen molar-refractivity contribution < 1.29 is 9.47 Å². The molecule has 4 rings (SSSR count). The number of ether oxygens (including phenoxy) is 2. The van der Waals surface area contributed by atoms with E-state index in [1.165, 1.54) is 9.36 Å². The van der Waals surface area contributed by atoms with E-state index in [0.29, 0.717) is 12.3 Å². The van der Waals surface area contributed by atoms with Gasteiger partial charge in [0.15, 0.2) is 0 Å². The molecule has 0 saturated carbocycles. The predicted octanol–water partition coefficient (Wildman–Crippen LogP) is 3.53. The lowest BCUT2D eigenvalue weighted by Crippen LogP contribution is -2.23. The first-order valence-electron chi connectivity index (χ1n) is 9.52. The maximum Gasteiger partial charge on any atom is 0.368 e. The minimum absolute atomic E-state index is 0.298. The Kier molecular flexibility index (Phi) is 5.34. The molecule has 0 aliphatic rings. The molecule has 30 heavy (non-hydrogen) atoms. The third-order valence-corrected chi connectivity index (χ3v) is 4.96. The van der Waals surface area contributed by atoms with Crippen LogP contribution < -0.4 is 15.2 Å². The molecule has 4 aromatic rings. The smallest absolute Gasteiger partial charge is 0.368 e.